The van der Waals surface area contributed by atoms with Crippen LogP contribution in [0, 0.1) is 0 Å². The third-order valence-electron chi connectivity index (χ3n) is 6.37. The van der Waals surface area contributed by atoms with Crippen molar-refractivity contribution < 1.29 is 14.3 Å². The summed E-state index contributed by atoms with van der Waals surface area (Å²) >= 11 is 0. The minimum absolute atomic E-state index is 0.000853. The predicted molar refractivity (Wildman–Crippen MR) is 115 cm³/mol. The summed E-state index contributed by atoms with van der Waals surface area (Å²) < 4.78 is 7.66. The smallest absolute Gasteiger partial charge is 0.248 e. The van der Waals surface area contributed by atoms with Crippen molar-refractivity contribution in [2.45, 2.75) is 44.4 Å². The molecule has 4 rings (SSSR count). The number of imidazole rings is 1. The molecule has 0 radical (unpaired) electrons. The van der Waals surface area contributed by atoms with Crippen molar-refractivity contribution in [3.05, 3.63) is 30.1 Å². The van der Waals surface area contributed by atoms with E-state index in [0.717, 1.165) is 62.2 Å². The number of likely N-dealkylation sites (tertiary alicyclic amines) is 2. The van der Waals surface area contributed by atoms with Gasteiger partial charge in [0.2, 0.25) is 11.8 Å². The Bertz CT molecular complexity index is 886. The summed E-state index contributed by atoms with van der Waals surface area (Å²) in [6.07, 6.45) is 6.46. The third-order valence-corrected chi connectivity index (χ3v) is 6.37. The molecule has 2 aliphatic heterocycles. The second-order valence-corrected chi connectivity index (χ2v) is 8.48. The first kappa shape index (κ1) is 20.8. The largest absolute Gasteiger partial charge is 0.362 e. The van der Waals surface area contributed by atoms with Gasteiger partial charge in [-0.1, -0.05) is 25.0 Å². The van der Waals surface area contributed by atoms with Crippen LogP contribution in [0.15, 0.2) is 24.3 Å². The third kappa shape index (κ3) is 4.67. The van der Waals surface area contributed by atoms with Crippen molar-refractivity contribution in [3.8, 4) is 0 Å². The number of fused-ring (bicyclic) bond motifs is 1. The van der Waals surface area contributed by atoms with E-state index >= 15 is 0 Å². The molecule has 1 unspecified atom stereocenters. The number of piperidine rings is 1. The van der Waals surface area contributed by atoms with Gasteiger partial charge in [0.05, 0.1) is 11.0 Å². The number of amides is 2. The average Bonchev–Trinajstić information content (AvgIpc) is 2.94. The van der Waals surface area contributed by atoms with Gasteiger partial charge in [0, 0.05) is 39.1 Å². The number of nitrogens with zero attached hydrogens (tertiary/aromatic N) is 4. The summed E-state index contributed by atoms with van der Waals surface area (Å²) in [5, 5.41) is 0. The van der Waals surface area contributed by atoms with E-state index in [0.29, 0.717) is 6.54 Å². The Balaban J connectivity index is 1.30. The van der Waals surface area contributed by atoms with Gasteiger partial charge in [0.15, 0.2) is 0 Å². The zero-order valence-electron chi connectivity index (χ0n) is 17.9. The molecule has 0 saturated carbocycles. The summed E-state index contributed by atoms with van der Waals surface area (Å²) in [5.74, 6) is 1.22. The Morgan fingerprint density at radius 2 is 1.63 bits per heavy atom. The van der Waals surface area contributed by atoms with E-state index in [9.17, 15) is 9.59 Å². The van der Waals surface area contributed by atoms with E-state index in [1.54, 1.807) is 0 Å². The fourth-order valence-corrected chi connectivity index (χ4v) is 4.67. The molecule has 0 bridgehead atoms. The number of hydrogen-bond donors (Lipinski definition) is 0. The lowest BCUT2D eigenvalue weighted by Gasteiger charge is -2.32. The number of benzene rings is 1. The van der Waals surface area contributed by atoms with E-state index in [-0.39, 0.29) is 30.9 Å². The summed E-state index contributed by atoms with van der Waals surface area (Å²) in [7, 11) is 2.04. The highest BCUT2D eigenvalue weighted by atomic mass is 16.5. The lowest BCUT2D eigenvalue weighted by atomic mass is 9.97. The van der Waals surface area contributed by atoms with Gasteiger partial charge in [-0.15, -0.1) is 0 Å². The van der Waals surface area contributed by atoms with E-state index in [4.69, 9.17) is 9.72 Å². The number of carbonyl (C=O) groups is 2. The van der Waals surface area contributed by atoms with Crippen molar-refractivity contribution in [3.63, 3.8) is 0 Å². The summed E-state index contributed by atoms with van der Waals surface area (Å²) in [4.78, 5) is 33.6. The number of ether oxygens (including phenoxy) is 1. The minimum atomic E-state index is -0.0397. The Labute approximate surface area is 178 Å². The van der Waals surface area contributed by atoms with Crippen LogP contribution in [-0.2, 0) is 21.4 Å². The second-order valence-electron chi connectivity index (χ2n) is 8.48. The molecular weight excluding hydrogens is 380 g/mol. The van der Waals surface area contributed by atoms with E-state index < -0.39 is 0 Å². The zero-order chi connectivity index (χ0) is 20.9. The van der Waals surface area contributed by atoms with Gasteiger partial charge in [-0.05, 0) is 37.8 Å². The molecule has 2 aromatic rings. The van der Waals surface area contributed by atoms with Crippen LogP contribution in [0.25, 0.3) is 11.0 Å². The molecule has 0 spiro atoms. The first-order valence-corrected chi connectivity index (χ1v) is 11.2. The van der Waals surface area contributed by atoms with Crippen molar-refractivity contribution in [1.82, 2.24) is 19.4 Å². The average molecular weight is 413 g/mol. The standard InChI is InChI=1S/C23H32N4O3/c1-25-20-11-5-4-10-19(20)24-23(25)18-9-8-14-27(15-18)22(29)17-30-16-21(28)26-12-6-2-3-7-13-26/h4-5,10-11,18H,2-3,6-9,12-17H2,1H3. The number of aryl methyl sites for hydroxylation is 1. The summed E-state index contributed by atoms with van der Waals surface area (Å²) in [5.41, 5.74) is 2.11. The maximum atomic E-state index is 12.7. The first-order chi connectivity index (χ1) is 14.6. The first-order valence-electron chi connectivity index (χ1n) is 11.2. The van der Waals surface area contributed by atoms with Gasteiger partial charge in [-0.25, -0.2) is 4.98 Å². The molecule has 30 heavy (non-hydrogen) atoms. The molecule has 1 aromatic carbocycles. The normalized spacial score (nSPS) is 20.4. The molecule has 2 amide bonds. The Morgan fingerprint density at radius 3 is 2.37 bits per heavy atom. The molecule has 0 aliphatic carbocycles. The van der Waals surface area contributed by atoms with Crippen molar-refractivity contribution in [2.24, 2.45) is 7.05 Å². The van der Waals surface area contributed by atoms with Crippen LogP contribution in [0.5, 0.6) is 0 Å². The van der Waals surface area contributed by atoms with Crippen molar-refractivity contribution >= 4 is 22.8 Å². The van der Waals surface area contributed by atoms with E-state index in [1.807, 2.05) is 35.0 Å². The van der Waals surface area contributed by atoms with E-state index in [2.05, 4.69) is 10.6 Å². The SMILES string of the molecule is Cn1c(C2CCCN(C(=O)COCC(=O)N3CCCCCC3)C2)nc2ccccc21. The molecule has 7 heteroatoms. The molecule has 2 aliphatic rings. The van der Waals surface area contributed by atoms with Gasteiger partial charge >= 0.3 is 0 Å². The Kier molecular flexibility index (Phi) is 6.67. The van der Waals surface area contributed by atoms with Crippen molar-refractivity contribution in [1.29, 1.82) is 0 Å². The predicted octanol–water partition coefficient (Wildman–Crippen LogP) is 2.70. The quantitative estimate of drug-likeness (QED) is 0.757. The lowest BCUT2D eigenvalue weighted by Crippen LogP contribution is -2.42. The molecular formula is C23H32N4O3. The van der Waals surface area contributed by atoms with Gasteiger partial charge in [0.1, 0.15) is 19.0 Å². The van der Waals surface area contributed by atoms with Crippen LogP contribution in [0.4, 0.5) is 0 Å². The van der Waals surface area contributed by atoms with Crippen LogP contribution in [-0.4, -0.2) is 70.6 Å². The van der Waals surface area contributed by atoms with Crippen LogP contribution in [0.2, 0.25) is 0 Å². The maximum Gasteiger partial charge on any atom is 0.248 e. The van der Waals surface area contributed by atoms with Gasteiger partial charge in [-0.3, -0.25) is 9.59 Å². The topological polar surface area (TPSA) is 67.7 Å². The number of rotatable bonds is 5. The number of aromatic nitrogens is 2. The molecule has 7 nitrogen and oxygen atoms in total. The van der Waals surface area contributed by atoms with Gasteiger partial charge in [-0.2, -0.15) is 0 Å². The van der Waals surface area contributed by atoms with Gasteiger partial charge < -0.3 is 19.1 Å². The van der Waals surface area contributed by atoms with Crippen LogP contribution in [0.1, 0.15) is 50.3 Å². The highest BCUT2D eigenvalue weighted by Gasteiger charge is 2.28. The monoisotopic (exact) mass is 412 g/mol. The molecule has 1 atom stereocenters. The van der Waals surface area contributed by atoms with E-state index in [1.165, 1.54) is 12.8 Å². The molecule has 0 N–H and O–H groups in total. The fourth-order valence-electron chi connectivity index (χ4n) is 4.67. The maximum absolute atomic E-state index is 12.7. The fraction of sp³-hybridized carbons (Fsp3) is 0.609. The molecule has 3 heterocycles. The highest BCUT2D eigenvalue weighted by molar-refractivity contribution is 5.80. The molecule has 1 aromatic heterocycles. The Hall–Kier alpha value is -2.41. The van der Waals surface area contributed by atoms with Crippen LogP contribution < -0.4 is 0 Å². The summed E-state index contributed by atoms with van der Waals surface area (Å²) in [6, 6.07) is 8.13. The number of carbonyl (C=O) groups excluding carboxylic acids is 2. The van der Waals surface area contributed by atoms with Crippen LogP contribution in [0.3, 0.4) is 0 Å². The number of hydrogen-bond acceptors (Lipinski definition) is 4. The second kappa shape index (κ2) is 9.60. The summed E-state index contributed by atoms with van der Waals surface area (Å²) in [6.45, 7) is 2.97. The minimum Gasteiger partial charge on any atom is -0.362 e. The molecule has 162 valence electrons. The highest BCUT2D eigenvalue weighted by Crippen LogP contribution is 2.28. The lowest BCUT2D eigenvalue weighted by molar-refractivity contribution is -0.142. The Morgan fingerprint density at radius 1 is 0.967 bits per heavy atom. The van der Waals surface area contributed by atoms with Crippen molar-refractivity contribution in [2.75, 3.05) is 39.4 Å². The molecule has 2 saturated heterocycles. The number of para-hydroxylation sites is 2. The van der Waals surface area contributed by atoms with Gasteiger partial charge in [0.25, 0.3) is 0 Å². The van der Waals surface area contributed by atoms with Crippen LogP contribution >= 0.6 is 0 Å². The molecule has 2 fully saturated rings. The zero-order valence-corrected chi connectivity index (χ0v) is 17.9.